The van der Waals surface area contributed by atoms with Gasteiger partial charge < -0.3 is 4.74 Å². The number of ether oxygens (including phenoxy) is 1. The summed E-state index contributed by atoms with van der Waals surface area (Å²) in [6.07, 6.45) is 5.34. The number of nitrogens with one attached hydrogen (secondary N) is 1. The summed E-state index contributed by atoms with van der Waals surface area (Å²) in [5.74, 6) is -0.343. The Morgan fingerprint density at radius 3 is 2.35 bits per heavy atom. The lowest BCUT2D eigenvalue weighted by Crippen LogP contribution is -2.36. The zero-order valence-electron chi connectivity index (χ0n) is 11.9. The van der Waals surface area contributed by atoms with Gasteiger partial charge in [-0.2, -0.15) is 0 Å². The molecule has 1 aliphatic rings. The van der Waals surface area contributed by atoms with E-state index in [4.69, 9.17) is 4.74 Å². The SMILES string of the molecule is CCCCCCCC1(c2ccccc2)OC(=O)NC1=O. The van der Waals surface area contributed by atoms with Crippen molar-refractivity contribution in [2.75, 3.05) is 0 Å². The van der Waals surface area contributed by atoms with Crippen LogP contribution in [0.4, 0.5) is 4.79 Å². The number of rotatable bonds is 7. The van der Waals surface area contributed by atoms with Crippen LogP contribution in [0.15, 0.2) is 30.3 Å². The molecule has 4 heteroatoms. The summed E-state index contributed by atoms with van der Waals surface area (Å²) in [6.45, 7) is 2.16. The minimum absolute atomic E-state index is 0.343. The maximum absolute atomic E-state index is 12.2. The van der Waals surface area contributed by atoms with Crippen molar-refractivity contribution < 1.29 is 14.3 Å². The fraction of sp³-hybridized carbons (Fsp3) is 0.500. The second-order valence-electron chi connectivity index (χ2n) is 5.20. The maximum Gasteiger partial charge on any atom is 0.415 e. The zero-order valence-corrected chi connectivity index (χ0v) is 11.9. The Morgan fingerprint density at radius 2 is 1.75 bits per heavy atom. The molecule has 1 saturated heterocycles. The summed E-state index contributed by atoms with van der Waals surface area (Å²) in [6, 6.07) is 9.27. The molecule has 0 aliphatic carbocycles. The highest BCUT2D eigenvalue weighted by molar-refractivity contribution is 6.03. The van der Waals surface area contributed by atoms with Crippen molar-refractivity contribution in [1.82, 2.24) is 5.32 Å². The van der Waals surface area contributed by atoms with Gasteiger partial charge in [0.1, 0.15) is 0 Å². The highest BCUT2D eigenvalue weighted by atomic mass is 16.6. The molecule has 1 aliphatic heterocycles. The topological polar surface area (TPSA) is 55.4 Å². The van der Waals surface area contributed by atoms with Crippen molar-refractivity contribution in [3.05, 3.63) is 35.9 Å². The van der Waals surface area contributed by atoms with Crippen molar-refractivity contribution in [2.24, 2.45) is 0 Å². The number of alkyl carbamates (subject to hydrolysis) is 1. The van der Waals surface area contributed by atoms with Crippen LogP contribution in [0.5, 0.6) is 0 Å². The van der Waals surface area contributed by atoms with Gasteiger partial charge >= 0.3 is 6.09 Å². The lowest BCUT2D eigenvalue weighted by Gasteiger charge is -2.25. The molecule has 0 saturated carbocycles. The van der Waals surface area contributed by atoms with E-state index >= 15 is 0 Å². The second kappa shape index (κ2) is 6.55. The Morgan fingerprint density at radius 1 is 1.05 bits per heavy atom. The highest BCUT2D eigenvalue weighted by Crippen LogP contribution is 2.35. The number of benzene rings is 1. The van der Waals surface area contributed by atoms with Crippen LogP contribution in [-0.2, 0) is 15.1 Å². The van der Waals surface area contributed by atoms with Crippen LogP contribution in [0.2, 0.25) is 0 Å². The van der Waals surface area contributed by atoms with E-state index in [1.807, 2.05) is 30.3 Å². The van der Waals surface area contributed by atoms with Crippen LogP contribution < -0.4 is 5.32 Å². The van der Waals surface area contributed by atoms with Crippen LogP contribution in [-0.4, -0.2) is 12.0 Å². The third-order valence-electron chi connectivity index (χ3n) is 3.72. The molecule has 0 spiro atoms. The zero-order chi connectivity index (χ0) is 14.4. The minimum atomic E-state index is -1.13. The summed E-state index contributed by atoms with van der Waals surface area (Å²) >= 11 is 0. The van der Waals surface area contributed by atoms with E-state index in [9.17, 15) is 9.59 Å². The average Bonchev–Trinajstić information content (AvgIpc) is 2.75. The molecule has 0 bridgehead atoms. The number of cyclic esters (lactones) is 1. The third kappa shape index (κ3) is 3.00. The number of imide groups is 1. The average molecular weight is 275 g/mol. The van der Waals surface area contributed by atoms with Gasteiger partial charge in [0.25, 0.3) is 5.91 Å². The second-order valence-corrected chi connectivity index (χ2v) is 5.20. The molecular weight excluding hydrogens is 254 g/mol. The Hall–Kier alpha value is -1.84. The largest absolute Gasteiger partial charge is 0.427 e. The van der Waals surface area contributed by atoms with Gasteiger partial charge in [0.15, 0.2) is 0 Å². The molecule has 1 unspecified atom stereocenters. The standard InChI is InChI=1S/C16H21NO3/c1-2-3-4-5-9-12-16(13-10-7-6-8-11-13)14(18)17-15(19)20-16/h6-8,10-11H,2-5,9,12H2,1H3,(H,17,18,19). The minimum Gasteiger partial charge on any atom is -0.427 e. The van der Waals surface area contributed by atoms with Crippen molar-refractivity contribution >= 4 is 12.0 Å². The van der Waals surface area contributed by atoms with Gasteiger partial charge in [0.05, 0.1) is 0 Å². The first-order valence-electron chi connectivity index (χ1n) is 7.29. The molecule has 1 heterocycles. The Bertz CT molecular complexity index is 472. The van der Waals surface area contributed by atoms with Gasteiger partial charge in [-0.05, 0) is 6.42 Å². The molecular formula is C16H21NO3. The number of hydrogen-bond acceptors (Lipinski definition) is 3. The van der Waals surface area contributed by atoms with Gasteiger partial charge in [-0.15, -0.1) is 0 Å². The van der Waals surface area contributed by atoms with E-state index in [2.05, 4.69) is 12.2 Å². The van der Waals surface area contributed by atoms with Crippen LogP contribution in [0, 0.1) is 0 Å². The Kier molecular flexibility index (Phi) is 4.77. The van der Waals surface area contributed by atoms with E-state index in [0.717, 1.165) is 24.8 Å². The van der Waals surface area contributed by atoms with Crippen LogP contribution in [0.25, 0.3) is 0 Å². The van der Waals surface area contributed by atoms with Crippen molar-refractivity contribution in [3.8, 4) is 0 Å². The van der Waals surface area contributed by atoms with Crippen molar-refractivity contribution in [3.63, 3.8) is 0 Å². The normalized spacial score (nSPS) is 21.6. The molecule has 1 aromatic carbocycles. The molecule has 1 aromatic rings. The van der Waals surface area contributed by atoms with Crippen molar-refractivity contribution in [2.45, 2.75) is 51.0 Å². The van der Waals surface area contributed by atoms with Crippen LogP contribution in [0.1, 0.15) is 51.0 Å². The number of amides is 2. The number of carbonyl (C=O) groups excluding carboxylic acids is 2. The molecule has 0 radical (unpaired) electrons. The monoisotopic (exact) mass is 275 g/mol. The predicted octanol–water partition coefficient (Wildman–Crippen LogP) is 3.51. The lowest BCUT2D eigenvalue weighted by molar-refractivity contribution is -0.132. The van der Waals surface area contributed by atoms with E-state index in [-0.39, 0.29) is 5.91 Å². The smallest absolute Gasteiger partial charge is 0.415 e. The first kappa shape index (κ1) is 14.6. The molecule has 0 aromatic heterocycles. The molecule has 4 nitrogen and oxygen atoms in total. The Labute approximate surface area is 119 Å². The van der Waals surface area contributed by atoms with Gasteiger partial charge in [-0.25, -0.2) is 4.79 Å². The fourth-order valence-corrected chi connectivity index (χ4v) is 2.61. The molecule has 20 heavy (non-hydrogen) atoms. The van der Waals surface area contributed by atoms with Gasteiger partial charge in [-0.1, -0.05) is 62.9 Å². The van der Waals surface area contributed by atoms with Gasteiger partial charge in [0, 0.05) is 12.0 Å². The maximum atomic E-state index is 12.2. The van der Waals surface area contributed by atoms with E-state index in [1.54, 1.807) is 0 Å². The van der Waals surface area contributed by atoms with E-state index in [1.165, 1.54) is 12.8 Å². The van der Waals surface area contributed by atoms with Crippen LogP contribution in [0.3, 0.4) is 0 Å². The van der Waals surface area contributed by atoms with E-state index in [0.29, 0.717) is 6.42 Å². The summed E-state index contributed by atoms with van der Waals surface area (Å²) in [5, 5.41) is 2.26. The lowest BCUT2D eigenvalue weighted by atomic mass is 9.87. The predicted molar refractivity (Wildman–Crippen MR) is 76.1 cm³/mol. The molecule has 108 valence electrons. The quantitative estimate of drug-likeness (QED) is 0.775. The Balaban J connectivity index is 2.10. The van der Waals surface area contributed by atoms with E-state index < -0.39 is 11.7 Å². The fourth-order valence-electron chi connectivity index (χ4n) is 2.61. The summed E-state index contributed by atoms with van der Waals surface area (Å²) in [4.78, 5) is 23.6. The first-order valence-corrected chi connectivity index (χ1v) is 7.29. The van der Waals surface area contributed by atoms with Gasteiger partial charge in [-0.3, -0.25) is 10.1 Å². The molecule has 2 amide bonds. The molecule has 1 N–H and O–H groups in total. The highest BCUT2D eigenvalue weighted by Gasteiger charge is 2.49. The molecule has 1 fully saturated rings. The summed E-state index contributed by atoms with van der Waals surface area (Å²) < 4.78 is 5.35. The number of unbranched alkanes of at least 4 members (excludes halogenated alkanes) is 4. The number of carbonyl (C=O) groups is 2. The summed E-state index contributed by atoms with van der Waals surface area (Å²) in [7, 11) is 0. The number of hydrogen-bond donors (Lipinski definition) is 1. The molecule has 2 rings (SSSR count). The summed E-state index contributed by atoms with van der Waals surface area (Å²) in [5.41, 5.74) is -0.385. The van der Waals surface area contributed by atoms with Gasteiger partial charge in [0.2, 0.25) is 5.60 Å². The first-order chi connectivity index (χ1) is 9.69. The third-order valence-corrected chi connectivity index (χ3v) is 3.72. The van der Waals surface area contributed by atoms with Crippen LogP contribution >= 0.6 is 0 Å². The molecule has 1 atom stereocenters. The van der Waals surface area contributed by atoms with Crippen molar-refractivity contribution in [1.29, 1.82) is 0 Å².